The number of amides is 1. The highest BCUT2D eigenvalue weighted by molar-refractivity contribution is 5.96. The third kappa shape index (κ3) is 3.36. The first-order chi connectivity index (χ1) is 10.5. The van der Waals surface area contributed by atoms with Crippen molar-refractivity contribution in [1.82, 2.24) is 4.57 Å². The summed E-state index contributed by atoms with van der Waals surface area (Å²) in [5.74, 6) is -0.735. The second kappa shape index (κ2) is 6.93. The van der Waals surface area contributed by atoms with Gasteiger partial charge in [-0.3, -0.25) is 4.79 Å². The fraction of sp³-hybridized carbons (Fsp3) is 0.294. The molecule has 5 nitrogen and oxygen atoms in total. The fourth-order valence-corrected chi connectivity index (χ4v) is 2.21. The Morgan fingerprint density at radius 3 is 2.36 bits per heavy atom. The van der Waals surface area contributed by atoms with Crippen LogP contribution in [0.3, 0.4) is 0 Å². The third-order valence-corrected chi connectivity index (χ3v) is 3.59. The Bertz CT molecular complexity index is 662. The zero-order chi connectivity index (χ0) is 16.1. The van der Waals surface area contributed by atoms with Crippen molar-refractivity contribution in [1.29, 1.82) is 0 Å². The minimum Gasteiger partial charge on any atom is -0.451 e. The molecule has 1 amide bonds. The molecule has 0 unspecified atom stereocenters. The molecule has 0 atom stereocenters. The number of rotatable bonds is 5. The summed E-state index contributed by atoms with van der Waals surface area (Å²) in [4.78, 5) is 25.8. The second-order valence-electron chi connectivity index (χ2n) is 4.97. The van der Waals surface area contributed by atoms with E-state index >= 15 is 0 Å². The van der Waals surface area contributed by atoms with Crippen LogP contribution in [0.5, 0.6) is 0 Å². The number of ether oxygens (including phenoxy) is 1. The molecule has 0 saturated heterocycles. The standard InChI is InChI=1S/C17H20N2O3/c1-4-19(14-8-6-5-7-9-14)16(20)12-22-17(21)15-11-10-13(2)18(15)3/h5-11H,4,12H2,1-3H3. The molecule has 0 saturated carbocycles. The number of hydrogen-bond acceptors (Lipinski definition) is 3. The molecule has 1 aromatic heterocycles. The minimum absolute atomic E-state index is 0.243. The number of para-hydroxylation sites is 1. The Balaban J connectivity index is 2.00. The zero-order valence-electron chi connectivity index (χ0n) is 13.1. The van der Waals surface area contributed by atoms with Crippen LogP contribution in [0.1, 0.15) is 23.1 Å². The van der Waals surface area contributed by atoms with Gasteiger partial charge in [0.1, 0.15) is 5.69 Å². The predicted molar refractivity (Wildman–Crippen MR) is 84.9 cm³/mol. The number of esters is 1. The van der Waals surface area contributed by atoms with Gasteiger partial charge in [0.05, 0.1) is 0 Å². The lowest BCUT2D eigenvalue weighted by Crippen LogP contribution is -2.34. The molecule has 0 aliphatic carbocycles. The van der Waals surface area contributed by atoms with Crippen LogP contribution >= 0.6 is 0 Å². The molecule has 0 aliphatic heterocycles. The maximum absolute atomic E-state index is 12.2. The van der Waals surface area contributed by atoms with Crippen molar-refractivity contribution in [3.8, 4) is 0 Å². The van der Waals surface area contributed by atoms with E-state index in [9.17, 15) is 9.59 Å². The van der Waals surface area contributed by atoms with Gasteiger partial charge in [-0.1, -0.05) is 18.2 Å². The molecule has 5 heteroatoms. The van der Waals surface area contributed by atoms with Gasteiger partial charge in [-0.05, 0) is 38.1 Å². The molecule has 2 aromatic rings. The minimum atomic E-state index is -0.493. The summed E-state index contributed by atoms with van der Waals surface area (Å²) in [5, 5.41) is 0. The van der Waals surface area contributed by atoms with E-state index in [1.807, 2.05) is 50.2 Å². The van der Waals surface area contributed by atoms with Crippen LogP contribution in [-0.2, 0) is 16.6 Å². The smallest absolute Gasteiger partial charge is 0.355 e. The van der Waals surface area contributed by atoms with Crippen LogP contribution in [0.15, 0.2) is 42.5 Å². The summed E-state index contributed by atoms with van der Waals surface area (Å²) in [6.45, 7) is 4.03. The summed E-state index contributed by atoms with van der Waals surface area (Å²) in [7, 11) is 1.79. The topological polar surface area (TPSA) is 51.5 Å². The highest BCUT2D eigenvalue weighted by atomic mass is 16.5. The largest absolute Gasteiger partial charge is 0.451 e. The first-order valence-corrected chi connectivity index (χ1v) is 7.19. The highest BCUT2D eigenvalue weighted by Crippen LogP contribution is 2.13. The number of hydrogen-bond donors (Lipinski definition) is 0. The average molecular weight is 300 g/mol. The lowest BCUT2D eigenvalue weighted by molar-refractivity contribution is -0.121. The van der Waals surface area contributed by atoms with E-state index in [0.717, 1.165) is 11.4 Å². The number of likely N-dealkylation sites (N-methyl/N-ethyl adjacent to an activating group) is 1. The Labute approximate surface area is 130 Å². The number of carbonyl (C=O) groups excluding carboxylic acids is 2. The quantitative estimate of drug-likeness (QED) is 0.797. The van der Waals surface area contributed by atoms with E-state index in [1.165, 1.54) is 0 Å². The van der Waals surface area contributed by atoms with E-state index in [2.05, 4.69) is 0 Å². The van der Waals surface area contributed by atoms with Crippen molar-refractivity contribution in [2.45, 2.75) is 13.8 Å². The first kappa shape index (κ1) is 15.8. The van der Waals surface area contributed by atoms with Gasteiger partial charge in [-0.25, -0.2) is 4.79 Å². The second-order valence-corrected chi connectivity index (χ2v) is 4.97. The van der Waals surface area contributed by atoms with E-state index in [1.54, 1.807) is 22.6 Å². The molecule has 1 aromatic carbocycles. The van der Waals surface area contributed by atoms with Gasteiger partial charge in [0.25, 0.3) is 5.91 Å². The molecule has 0 N–H and O–H groups in total. The summed E-state index contributed by atoms with van der Waals surface area (Å²) in [5.41, 5.74) is 2.19. The summed E-state index contributed by atoms with van der Waals surface area (Å²) in [6.07, 6.45) is 0. The van der Waals surface area contributed by atoms with Crippen LogP contribution in [0.4, 0.5) is 5.69 Å². The van der Waals surface area contributed by atoms with E-state index in [-0.39, 0.29) is 12.5 Å². The van der Waals surface area contributed by atoms with E-state index in [0.29, 0.717) is 12.2 Å². The van der Waals surface area contributed by atoms with Crippen LogP contribution in [0.2, 0.25) is 0 Å². The molecule has 0 bridgehead atoms. The molecule has 0 aliphatic rings. The number of aromatic nitrogens is 1. The molecule has 1 heterocycles. The summed E-state index contributed by atoms with van der Waals surface area (Å²) in [6, 6.07) is 12.8. The highest BCUT2D eigenvalue weighted by Gasteiger charge is 2.18. The van der Waals surface area contributed by atoms with E-state index in [4.69, 9.17) is 4.74 Å². The Hall–Kier alpha value is -2.56. The van der Waals surface area contributed by atoms with Crippen LogP contribution in [0.25, 0.3) is 0 Å². The molecule has 2 rings (SSSR count). The number of aryl methyl sites for hydroxylation is 1. The molecule has 22 heavy (non-hydrogen) atoms. The SMILES string of the molecule is CCN(C(=O)COC(=O)c1ccc(C)n1C)c1ccccc1. The van der Waals surface area contributed by atoms with Crippen LogP contribution < -0.4 is 4.90 Å². The van der Waals surface area contributed by atoms with Crippen LogP contribution in [-0.4, -0.2) is 29.6 Å². The van der Waals surface area contributed by atoms with Crippen molar-refractivity contribution < 1.29 is 14.3 Å². The molecule has 0 spiro atoms. The molecule has 116 valence electrons. The predicted octanol–water partition coefficient (Wildman–Crippen LogP) is 2.54. The number of carbonyl (C=O) groups is 2. The molecular formula is C17H20N2O3. The maximum atomic E-state index is 12.2. The van der Waals surface area contributed by atoms with Crippen molar-refractivity contribution in [2.75, 3.05) is 18.1 Å². The Kier molecular flexibility index (Phi) is 4.99. The first-order valence-electron chi connectivity index (χ1n) is 7.19. The van der Waals surface area contributed by atoms with Gasteiger partial charge in [0, 0.05) is 25.0 Å². The Morgan fingerprint density at radius 2 is 1.82 bits per heavy atom. The molecular weight excluding hydrogens is 280 g/mol. The van der Waals surface area contributed by atoms with Gasteiger partial charge in [0.2, 0.25) is 0 Å². The van der Waals surface area contributed by atoms with Gasteiger partial charge >= 0.3 is 5.97 Å². The van der Waals surface area contributed by atoms with Crippen molar-refractivity contribution in [3.63, 3.8) is 0 Å². The van der Waals surface area contributed by atoms with Crippen molar-refractivity contribution >= 4 is 17.6 Å². The number of benzene rings is 1. The number of nitrogens with zero attached hydrogens (tertiary/aromatic N) is 2. The third-order valence-electron chi connectivity index (χ3n) is 3.59. The summed E-state index contributed by atoms with van der Waals surface area (Å²) < 4.78 is 6.88. The summed E-state index contributed by atoms with van der Waals surface area (Å²) >= 11 is 0. The van der Waals surface area contributed by atoms with Crippen LogP contribution in [0, 0.1) is 6.92 Å². The van der Waals surface area contributed by atoms with Crippen molar-refractivity contribution in [3.05, 3.63) is 53.9 Å². The number of anilines is 1. The lowest BCUT2D eigenvalue weighted by atomic mass is 10.3. The Morgan fingerprint density at radius 1 is 1.14 bits per heavy atom. The zero-order valence-corrected chi connectivity index (χ0v) is 13.1. The fourth-order valence-electron chi connectivity index (χ4n) is 2.21. The monoisotopic (exact) mass is 300 g/mol. The van der Waals surface area contributed by atoms with Crippen molar-refractivity contribution in [2.24, 2.45) is 7.05 Å². The molecule has 0 fully saturated rings. The van der Waals surface area contributed by atoms with Gasteiger partial charge in [-0.2, -0.15) is 0 Å². The normalized spacial score (nSPS) is 10.3. The average Bonchev–Trinajstić information content (AvgIpc) is 2.86. The molecule has 0 radical (unpaired) electrons. The van der Waals surface area contributed by atoms with Gasteiger partial charge in [-0.15, -0.1) is 0 Å². The maximum Gasteiger partial charge on any atom is 0.355 e. The van der Waals surface area contributed by atoms with E-state index < -0.39 is 5.97 Å². The van der Waals surface area contributed by atoms with Gasteiger partial charge < -0.3 is 14.2 Å². The lowest BCUT2D eigenvalue weighted by Gasteiger charge is -2.20. The van der Waals surface area contributed by atoms with Gasteiger partial charge in [0.15, 0.2) is 6.61 Å².